The van der Waals surface area contributed by atoms with Gasteiger partial charge in [-0.2, -0.15) is 4.72 Å². The van der Waals surface area contributed by atoms with Gasteiger partial charge in [0.05, 0.1) is 24.7 Å². The summed E-state index contributed by atoms with van der Waals surface area (Å²) in [6, 6.07) is 23.5. The van der Waals surface area contributed by atoms with Crippen molar-refractivity contribution in [2.24, 2.45) is 0 Å². The third-order valence-corrected chi connectivity index (χ3v) is 5.99. The van der Waals surface area contributed by atoms with Gasteiger partial charge in [-0.1, -0.05) is 66.6 Å². The molecule has 0 aliphatic rings. The predicted molar refractivity (Wildman–Crippen MR) is 123 cm³/mol. The molecule has 164 valence electrons. The first-order valence-corrected chi connectivity index (χ1v) is 11.5. The number of amides is 1. The molecule has 0 bridgehead atoms. The molecule has 0 aliphatic carbocycles. The van der Waals surface area contributed by atoms with Gasteiger partial charge >= 0.3 is 0 Å². The zero-order valence-electron chi connectivity index (χ0n) is 17.5. The quantitative estimate of drug-likeness (QED) is 0.467. The number of ether oxygens (including phenoxy) is 1. The Balaban J connectivity index is 1.56. The van der Waals surface area contributed by atoms with E-state index in [0.29, 0.717) is 19.8 Å². The highest BCUT2D eigenvalue weighted by molar-refractivity contribution is 7.89. The molecule has 7 heteroatoms. The lowest BCUT2D eigenvalue weighted by molar-refractivity contribution is 0.0950. The van der Waals surface area contributed by atoms with E-state index in [1.165, 1.54) is 18.2 Å². The molecule has 0 saturated carbocycles. The van der Waals surface area contributed by atoms with Crippen molar-refractivity contribution in [1.82, 2.24) is 10.0 Å². The minimum absolute atomic E-state index is 0.0158. The molecule has 0 saturated heterocycles. The normalized spacial score (nSPS) is 11.0. The van der Waals surface area contributed by atoms with Crippen LogP contribution < -0.4 is 10.0 Å². The molecular formula is C25H24N2O4S. The Hall–Kier alpha value is -3.44. The van der Waals surface area contributed by atoms with Gasteiger partial charge in [0.2, 0.25) is 10.0 Å². The molecule has 0 atom stereocenters. The van der Waals surface area contributed by atoms with E-state index in [0.717, 1.165) is 16.7 Å². The molecule has 0 radical (unpaired) electrons. The van der Waals surface area contributed by atoms with Crippen LogP contribution in [0.1, 0.15) is 27.0 Å². The van der Waals surface area contributed by atoms with Crippen LogP contribution >= 0.6 is 0 Å². The maximum absolute atomic E-state index is 12.5. The number of hydrogen-bond acceptors (Lipinski definition) is 4. The van der Waals surface area contributed by atoms with E-state index in [1.54, 1.807) is 6.07 Å². The van der Waals surface area contributed by atoms with Crippen molar-refractivity contribution in [3.05, 3.63) is 101 Å². The van der Waals surface area contributed by atoms with E-state index >= 15 is 0 Å². The first-order chi connectivity index (χ1) is 15.5. The van der Waals surface area contributed by atoms with Crippen molar-refractivity contribution >= 4 is 15.9 Å². The summed E-state index contributed by atoms with van der Waals surface area (Å²) in [5, 5.41) is 2.82. The fraction of sp³-hybridized carbons (Fsp3) is 0.160. The maximum atomic E-state index is 12.5. The molecule has 6 nitrogen and oxygen atoms in total. The van der Waals surface area contributed by atoms with Crippen molar-refractivity contribution < 1.29 is 17.9 Å². The maximum Gasteiger partial charge on any atom is 0.251 e. The number of carbonyl (C=O) groups is 1. The molecule has 2 N–H and O–H groups in total. The van der Waals surface area contributed by atoms with E-state index < -0.39 is 10.0 Å². The number of benzene rings is 3. The van der Waals surface area contributed by atoms with Gasteiger partial charge in [0.15, 0.2) is 0 Å². The average Bonchev–Trinajstić information content (AvgIpc) is 2.82. The monoisotopic (exact) mass is 448 g/mol. The Morgan fingerprint density at radius 2 is 1.56 bits per heavy atom. The van der Waals surface area contributed by atoms with Crippen LogP contribution in [0.3, 0.4) is 0 Å². The highest BCUT2D eigenvalue weighted by Crippen LogP contribution is 2.13. The van der Waals surface area contributed by atoms with Crippen molar-refractivity contribution in [3.63, 3.8) is 0 Å². The number of hydrogen-bond donors (Lipinski definition) is 2. The molecule has 3 aromatic rings. The Bertz CT molecular complexity index is 1200. The zero-order valence-corrected chi connectivity index (χ0v) is 18.3. The third-order valence-electron chi connectivity index (χ3n) is 4.60. The second-order valence-electron chi connectivity index (χ2n) is 7.04. The first-order valence-electron chi connectivity index (χ1n) is 9.99. The van der Waals surface area contributed by atoms with Crippen LogP contribution in [0.15, 0.2) is 83.8 Å². The van der Waals surface area contributed by atoms with Crippen LogP contribution in [0.2, 0.25) is 0 Å². The zero-order chi connectivity index (χ0) is 22.8. The average molecular weight is 449 g/mol. The van der Waals surface area contributed by atoms with Crippen LogP contribution in [0.5, 0.6) is 0 Å². The molecule has 3 aromatic carbocycles. The third kappa shape index (κ3) is 6.79. The largest absolute Gasteiger partial charge is 0.372 e. The van der Waals surface area contributed by atoms with E-state index in [-0.39, 0.29) is 22.9 Å². The van der Waals surface area contributed by atoms with Crippen LogP contribution in [-0.4, -0.2) is 20.9 Å². The summed E-state index contributed by atoms with van der Waals surface area (Å²) >= 11 is 0. The topological polar surface area (TPSA) is 84.5 Å². The Morgan fingerprint density at radius 1 is 0.875 bits per heavy atom. The highest BCUT2D eigenvalue weighted by Gasteiger charge is 2.15. The van der Waals surface area contributed by atoms with E-state index in [9.17, 15) is 13.2 Å². The number of carbonyl (C=O) groups excluding carboxylic acids is 1. The molecular weight excluding hydrogens is 424 g/mol. The van der Waals surface area contributed by atoms with Crippen molar-refractivity contribution in [2.75, 3.05) is 6.54 Å². The van der Waals surface area contributed by atoms with Crippen molar-refractivity contribution in [2.45, 2.75) is 24.7 Å². The molecule has 0 aliphatic heterocycles. The number of nitrogens with one attached hydrogen (secondary N) is 2. The fourth-order valence-corrected chi connectivity index (χ4v) is 3.98. The minimum atomic E-state index is -3.77. The lowest BCUT2D eigenvalue weighted by Gasteiger charge is -2.10. The first kappa shape index (κ1) is 23.2. The van der Waals surface area contributed by atoms with E-state index in [1.807, 2.05) is 54.6 Å². The molecule has 0 heterocycles. The Kier molecular flexibility index (Phi) is 8.17. The van der Waals surface area contributed by atoms with Gasteiger partial charge < -0.3 is 10.1 Å². The minimum Gasteiger partial charge on any atom is -0.372 e. The molecule has 3 rings (SSSR count). The molecule has 32 heavy (non-hydrogen) atoms. The second-order valence-corrected chi connectivity index (χ2v) is 8.80. The summed E-state index contributed by atoms with van der Waals surface area (Å²) in [7, 11) is -3.77. The summed E-state index contributed by atoms with van der Waals surface area (Å²) in [6.07, 6.45) is 5.10. The summed E-state index contributed by atoms with van der Waals surface area (Å²) in [5.41, 5.74) is 3.27. The summed E-state index contributed by atoms with van der Waals surface area (Å²) < 4.78 is 32.5. The van der Waals surface area contributed by atoms with Crippen LogP contribution in [0, 0.1) is 12.3 Å². The van der Waals surface area contributed by atoms with E-state index in [2.05, 4.69) is 16.0 Å². The summed E-state index contributed by atoms with van der Waals surface area (Å²) in [5.74, 6) is 1.85. The van der Waals surface area contributed by atoms with Crippen LogP contribution in [-0.2, 0) is 34.5 Å². The highest BCUT2D eigenvalue weighted by atomic mass is 32.2. The predicted octanol–water partition coefficient (Wildman–Crippen LogP) is 3.24. The Morgan fingerprint density at radius 3 is 2.34 bits per heavy atom. The van der Waals surface area contributed by atoms with Gasteiger partial charge in [-0.15, -0.1) is 6.42 Å². The van der Waals surface area contributed by atoms with Crippen molar-refractivity contribution in [1.29, 1.82) is 0 Å². The fourth-order valence-electron chi connectivity index (χ4n) is 3.00. The van der Waals surface area contributed by atoms with Crippen LogP contribution in [0.25, 0.3) is 0 Å². The number of sulfonamides is 1. The summed E-state index contributed by atoms with van der Waals surface area (Å²) in [4.78, 5) is 12.5. The lowest BCUT2D eigenvalue weighted by Crippen LogP contribution is -2.25. The standard InChI is InChI=1S/C25H24N2O4S/c1-2-14-27-32(29,30)24-13-7-12-23(16-24)25(28)26-17-21-10-6-11-22(15-21)19-31-18-20-8-4-3-5-9-20/h1,3-13,15-16,27H,14,17-19H2,(H,26,28). The van der Waals surface area contributed by atoms with Gasteiger partial charge in [-0.05, 0) is 34.9 Å². The van der Waals surface area contributed by atoms with Gasteiger partial charge in [-0.25, -0.2) is 8.42 Å². The number of terminal acetylenes is 1. The molecule has 1 amide bonds. The summed E-state index contributed by atoms with van der Waals surface area (Å²) in [6.45, 7) is 1.17. The second kappa shape index (κ2) is 11.3. The van der Waals surface area contributed by atoms with Crippen LogP contribution in [0.4, 0.5) is 0 Å². The van der Waals surface area contributed by atoms with Gasteiger partial charge in [0, 0.05) is 12.1 Å². The SMILES string of the molecule is C#CCNS(=O)(=O)c1cccc(C(=O)NCc2cccc(COCc3ccccc3)c2)c1. The van der Waals surface area contributed by atoms with Gasteiger partial charge in [0.25, 0.3) is 5.91 Å². The van der Waals surface area contributed by atoms with Gasteiger partial charge in [-0.3, -0.25) is 4.79 Å². The Labute approximate surface area is 188 Å². The lowest BCUT2D eigenvalue weighted by atomic mass is 10.1. The molecule has 0 fully saturated rings. The molecule has 0 aromatic heterocycles. The number of rotatable bonds is 10. The van der Waals surface area contributed by atoms with E-state index in [4.69, 9.17) is 11.2 Å². The molecule has 0 unspecified atom stereocenters. The van der Waals surface area contributed by atoms with Gasteiger partial charge in [0.1, 0.15) is 0 Å². The van der Waals surface area contributed by atoms with Crippen molar-refractivity contribution in [3.8, 4) is 12.3 Å². The smallest absolute Gasteiger partial charge is 0.251 e. The molecule has 0 spiro atoms.